The third-order valence-electron chi connectivity index (χ3n) is 5.40. The Kier molecular flexibility index (Phi) is 6.64. The van der Waals surface area contributed by atoms with E-state index in [1.807, 2.05) is 6.07 Å². The summed E-state index contributed by atoms with van der Waals surface area (Å²) in [4.78, 5) is 12.6. The highest BCUT2D eigenvalue weighted by Gasteiger charge is 2.45. The second-order valence-corrected chi connectivity index (χ2v) is 8.64. The van der Waals surface area contributed by atoms with Crippen molar-refractivity contribution in [3.05, 3.63) is 58.8 Å². The van der Waals surface area contributed by atoms with Gasteiger partial charge in [-0.2, -0.15) is 41.1 Å². The summed E-state index contributed by atoms with van der Waals surface area (Å²) in [5.41, 5.74) is -2.10. The number of ether oxygens (including phenoxy) is 1. The van der Waals surface area contributed by atoms with Gasteiger partial charge in [0.2, 0.25) is 0 Å². The van der Waals surface area contributed by atoms with Crippen LogP contribution < -0.4 is 10.1 Å². The third-order valence-corrected chi connectivity index (χ3v) is 5.73. The van der Waals surface area contributed by atoms with E-state index in [0.29, 0.717) is 27.8 Å². The number of amides is 1. The van der Waals surface area contributed by atoms with Crippen LogP contribution in [-0.4, -0.2) is 37.2 Å². The normalized spacial score (nSPS) is 15.2. The van der Waals surface area contributed by atoms with E-state index in [1.165, 1.54) is 18.2 Å². The first kappa shape index (κ1) is 27.0. The van der Waals surface area contributed by atoms with E-state index in [9.17, 15) is 40.8 Å². The number of alkyl halides is 6. The Morgan fingerprint density at radius 3 is 2.50 bits per heavy atom. The highest BCUT2D eigenvalue weighted by Crippen LogP contribution is 2.41. The predicted molar refractivity (Wildman–Crippen MR) is 117 cm³/mol. The number of carbonyl (C=O) groups excluding carboxylic acids is 1. The van der Waals surface area contributed by atoms with Gasteiger partial charge in [-0.3, -0.25) is 4.79 Å². The van der Waals surface area contributed by atoms with E-state index in [4.69, 9.17) is 11.6 Å². The standard InChI is InChI=1S/C22H14ClF7N6O2/c1-35-19(16(22(28,29)30)18(34-35)38-15(24)7-21(25,26)27)36-9-12(8-32-36)11-2-3-14(23)13(6-11)17(37)33-20(10-31)4-5-20/h2-3,6-9H,4-5H2,1H3,(H,33,37)/b15-7+. The number of nitriles is 1. The first-order valence-electron chi connectivity index (χ1n) is 10.5. The zero-order valence-corrected chi connectivity index (χ0v) is 19.7. The maximum atomic E-state index is 13.9. The number of aromatic nitrogens is 4. The molecule has 1 aromatic carbocycles. The summed E-state index contributed by atoms with van der Waals surface area (Å²) in [6.07, 6.45) is -8.13. The fourth-order valence-electron chi connectivity index (χ4n) is 3.46. The number of benzene rings is 1. The second-order valence-electron chi connectivity index (χ2n) is 8.23. The minimum Gasteiger partial charge on any atom is -0.410 e. The van der Waals surface area contributed by atoms with Gasteiger partial charge < -0.3 is 10.1 Å². The Bertz CT molecular complexity index is 1480. The number of hydrogen-bond acceptors (Lipinski definition) is 5. The fraction of sp³-hybridized carbons (Fsp3) is 0.273. The molecule has 4 rings (SSSR count). The van der Waals surface area contributed by atoms with Gasteiger partial charge in [-0.1, -0.05) is 17.7 Å². The number of carbonyl (C=O) groups is 1. The van der Waals surface area contributed by atoms with Gasteiger partial charge in [-0.25, -0.2) is 9.36 Å². The number of nitrogens with one attached hydrogen (secondary N) is 1. The number of aryl methyl sites for hydroxylation is 1. The molecular weight excluding hydrogens is 549 g/mol. The third kappa shape index (κ3) is 5.59. The highest BCUT2D eigenvalue weighted by atomic mass is 35.5. The molecule has 16 heteroatoms. The number of allylic oxidation sites excluding steroid dienone is 1. The molecule has 0 unspecified atom stereocenters. The van der Waals surface area contributed by atoms with Crippen LogP contribution >= 0.6 is 11.6 Å². The molecule has 1 saturated carbocycles. The van der Waals surface area contributed by atoms with Crippen LogP contribution in [0.1, 0.15) is 28.8 Å². The van der Waals surface area contributed by atoms with Crippen molar-refractivity contribution < 1.29 is 40.3 Å². The van der Waals surface area contributed by atoms with E-state index in [2.05, 4.69) is 20.3 Å². The molecule has 0 atom stereocenters. The maximum absolute atomic E-state index is 13.9. The summed E-state index contributed by atoms with van der Waals surface area (Å²) in [6.45, 7) is 0. The Balaban J connectivity index is 1.70. The van der Waals surface area contributed by atoms with Gasteiger partial charge in [0.25, 0.3) is 17.8 Å². The number of hydrogen-bond donors (Lipinski definition) is 1. The van der Waals surface area contributed by atoms with Crippen LogP contribution in [0.4, 0.5) is 30.7 Å². The van der Waals surface area contributed by atoms with Gasteiger partial charge in [0.1, 0.15) is 5.54 Å². The average molecular weight is 563 g/mol. The molecule has 1 amide bonds. The maximum Gasteiger partial charge on any atom is 0.425 e. The second kappa shape index (κ2) is 9.35. The quantitative estimate of drug-likeness (QED) is 0.317. The van der Waals surface area contributed by atoms with Crippen LogP contribution in [0, 0.1) is 11.3 Å². The number of halogens is 8. The topological polar surface area (TPSA) is 97.8 Å². The van der Waals surface area contributed by atoms with Crippen LogP contribution in [0.25, 0.3) is 16.9 Å². The van der Waals surface area contributed by atoms with E-state index in [1.54, 1.807) is 0 Å². The summed E-state index contributed by atoms with van der Waals surface area (Å²) < 4.78 is 97.7. The van der Waals surface area contributed by atoms with Crippen LogP contribution in [0.2, 0.25) is 5.02 Å². The molecule has 2 aromatic heterocycles. The molecule has 0 saturated heterocycles. The molecule has 0 spiro atoms. The van der Waals surface area contributed by atoms with Crippen molar-refractivity contribution in [2.75, 3.05) is 0 Å². The number of nitrogens with zero attached hydrogens (tertiary/aromatic N) is 5. The molecule has 0 bridgehead atoms. The molecule has 0 radical (unpaired) electrons. The summed E-state index contributed by atoms with van der Waals surface area (Å²) in [5, 5.41) is 19.1. The van der Waals surface area contributed by atoms with Crippen molar-refractivity contribution in [1.82, 2.24) is 24.9 Å². The summed E-state index contributed by atoms with van der Waals surface area (Å²) in [5.74, 6) is -2.86. The predicted octanol–water partition coefficient (Wildman–Crippen LogP) is 5.48. The van der Waals surface area contributed by atoms with Gasteiger partial charge in [0.05, 0.1) is 28.9 Å². The minimum absolute atomic E-state index is 0.0116. The average Bonchev–Trinajstić information content (AvgIpc) is 3.24. The van der Waals surface area contributed by atoms with E-state index in [0.717, 1.165) is 19.4 Å². The summed E-state index contributed by atoms with van der Waals surface area (Å²) in [6, 6.07) is 3.86. The Morgan fingerprint density at radius 1 is 1.24 bits per heavy atom. The van der Waals surface area contributed by atoms with Gasteiger partial charge in [0, 0.05) is 18.8 Å². The van der Waals surface area contributed by atoms with Gasteiger partial charge in [-0.15, -0.1) is 5.10 Å². The molecule has 2 heterocycles. The first-order valence-corrected chi connectivity index (χ1v) is 10.9. The lowest BCUT2D eigenvalue weighted by atomic mass is 10.1. The molecule has 1 fully saturated rings. The van der Waals surface area contributed by atoms with Gasteiger partial charge in [-0.05, 0) is 30.5 Å². The first-order chi connectivity index (χ1) is 17.6. The van der Waals surface area contributed by atoms with Crippen LogP contribution in [0.3, 0.4) is 0 Å². The van der Waals surface area contributed by atoms with E-state index >= 15 is 0 Å². The fourth-order valence-corrected chi connectivity index (χ4v) is 3.67. The lowest BCUT2D eigenvalue weighted by molar-refractivity contribution is -0.138. The van der Waals surface area contributed by atoms with Crippen molar-refractivity contribution in [3.63, 3.8) is 0 Å². The van der Waals surface area contributed by atoms with Crippen LogP contribution in [-0.2, 0) is 13.2 Å². The molecule has 1 aliphatic rings. The van der Waals surface area contributed by atoms with Crippen molar-refractivity contribution in [3.8, 4) is 28.9 Å². The molecule has 1 aliphatic carbocycles. The smallest absolute Gasteiger partial charge is 0.410 e. The molecule has 200 valence electrons. The van der Waals surface area contributed by atoms with Crippen LogP contribution in [0.15, 0.2) is 42.7 Å². The van der Waals surface area contributed by atoms with Crippen molar-refractivity contribution >= 4 is 17.5 Å². The Morgan fingerprint density at radius 2 is 1.92 bits per heavy atom. The van der Waals surface area contributed by atoms with E-state index in [-0.39, 0.29) is 16.1 Å². The monoisotopic (exact) mass is 562 g/mol. The Labute approximate surface area is 213 Å². The molecular formula is C22H14ClF7N6O2. The molecule has 3 aromatic rings. The van der Waals surface area contributed by atoms with Gasteiger partial charge >= 0.3 is 12.4 Å². The lowest BCUT2D eigenvalue weighted by Gasteiger charge is -2.11. The Hall–Kier alpha value is -4.06. The summed E-state index contributed by atoms with van der Waals surface area (Å²) in [7, 11) is 1.03. The summed E-state index contributed by atoms with van der Waals surface area (Å²) >= 11 is 6.13. The minimum atomic E-state index is -5.23. The van der Waals surface area contributed by atoms with Gasteiger partial charge in [0.15, 0.2) is 11.4 Å². The van der Waals surface area contributed by atoms with Crippen molar-refractivity contribution in [2.24, 2.45) is 7.05 Å². The molecule has 38 heavy (non-hydrogen) atoms. The van der Waals surface area contributed by atoms with Crippen molar-refractivity contribution in [1.29, 1.82) is 5.26 Å². The van der Waals surface area contributed by atoms with Crippen LogP contribution in [0.5, 0.6) is 5.88 Å². The zero-order chi connectivity index (χ0) is 28.0. The zero-order valence-electron chi connectivity index (χ0n) is 19.0. The molecule has 8 nitrogen and oxygen atoms in total. The van der Waals surface area contributed by atoms with E-state index < -0.39 is 53.1 Å². The number of rotatable bonds is 6. The SMILES string of the molecule is Cn1nc(O/C(F)=C/C(F)(F)F)c(C(F)(F)F)c1-n1cc(-c2ccc(Cl)c(C(=O)NC3(C#N)CC3)c2)cn1. The highest BCUT2D eigenvalue weighted by molar-refractivity contribution is 6.34. The lowest BCUT2D eigenvalue weighted by Crippen LogP contribution is -2.35. The molecule has 1 N–H and O–H groups in total. The largest absolute Gasteiger partial charge is 0.425 e. The van der Waals surface area contributed by atoms with Crippen molar-refractivity contribution in [2.45, 2.75) is 30.7 Å². The molecule has 0 aliphatic heterocycles.